The van der Waals surface area contributed by atoms with Gasteiger partial charge >= 0.3 is 5.97 Å². The van der Waals surface area contributed by atoms with E-state index in [4.69, 9.17) is 9.84 Å². The number of aromatic carboxylic acids is 1. The highest BCUT2D eigenvalue weighted by molar-refractivity contribution is 5.88. The molecule has 0 aromatic heterocycles. The fourth-order valence-corrected chi connectivity index (χ4v) is 3.34. The van der Waals surface area contributed by atoms with Crippen molar-refractivity contribution in [3.8, 4) is 5.75 Å². The van der Waals surface area contributed by atoms with Crippen molar-refractivity contribution in [3.05, 3.63) is 29.3 Å². The van der Waals surface area contributed by atoms with Gasteiger partial charge in [0.2, 0.25) is 0 Å². The molecule has 0 spiro atoms. The lowest BCUT2D eigenvalue weighted by Crippen LogP contribution is -2.34. The maximum Gasteiger partial charge on any atom is 0.335 e. The number of fused-ring (bicyclic) bond motifs is 1. The van der Waals surface area contributed by atoms with Gasteiger partial charge in [-0.1, -0.05) is 6.92 Å². The minimum Gasteiger partial charge on any atom is -0.493 e. The average molecular weight is 275 g/mol. The van der Waals surface area contributed by atoms with Gasteiger partial charge in [-0.25, -0.2) is 4.79 Å². The Bertz CT molecular complexity index is 514. The first-order chi connectivity index (χ1) is 9.63. The normalized spacial score (nSPS) is 28.8. The SMILES string of the molecule is C[C@H]1CCC(NC2CCOc3ccc(C(=O)O)cc32)C1. The van der Waals surface area contributed by atoms with Gasteiger partial charge in [-0.3, -0.25) is 0 Å². The van der Waals surface area contributed by atoms with Gasteiger partial charge in [0, 0.05) is 24.1 Å². The van der Waals surface area contributed by atoms with Crippen molar-refractivity contribution in [1.29, 1.82) is 0 Å². The molecule has 0 amide bonds. The van der Waals surface area contributed by atoms with Crippen molar-refractivity contribution in [3.63, 3.8) is 0 Å². The third-order valence-electron chi connectivity index (χ3n) is 4.43. The maximum atomic E-state index is 11.1. The zero-order valence-corrected chi connectivity index (χ0v) is 11.8. The van der Waals surface area contributed by atoms with Crippen LogP contribution >= 0.6 is 0 Å². The van der Waals surface area contributed by atoms with E-state index in [1.807, 2.05) is 0 Å². The van der Waals surface area contributed by atoms with Crippen LogP contribution in [0.5, 0.6) is 5.75 Å². The number of nitrogens with one attached hydrogen (secondary N) is 1. The standard InChI is InChI=1S/C16H21NO3/c1-10-2-4-12(8-10)17-14-6-7-20-15-5-3-11(16(18)19)9-13(14)15/h3,5,9-10,12,14,17H,2,4,6-8H2,1H3,(H,18,19)/t10-,12?,14?/m0/s1. The number of benzene rings is 1. The minimum absolute atomic E-state index is 0.216. The van der Waals surface area contributed by atoms with Crippen LogP contribution in [0.25, 0.3) is 0 Å². The average Bonchev–Trinajstić information content (AvgIpc) is 2.84. The van der Waals surface area contributed by atoms with Crippen LogP contribution in [0.15, 0.2) is 18.2 Å². The van der Waals surface area contributed by atoms with Crippen LogP contribution < -0.4 is 10.1 Å². The van der Waals surface area contributed by atoms with Gasteiger partial charge < -0.3 is 15.2 Å². The molecule has 1 aliphatic carbocycles. The van der Waals surface area contributed by atoms with Crippen LogP contribution in [0.4, 0.5) is 0 Å². The molecule has 20 heavy (non-hydrogen) atoms. The van der Waals surface area contributed by atoms with Crippen molar-refractivity contribution in [2.24, 2.45) is 5.92 Å². The largest absolute Gasteiger partial charge is 0.493 e. The van der Waals surface area contributed by atoms with Crippen LogP contribution in [0.3, 0.4) is 0 Å². The fourth-order valence-electron chi connectivity index (χ4n) is 3.34. The molecule has 1 saturated carbocycles. The van der Waals surface area contributed by atoms with E-state index < -0.39 is 5.97 Å². The molecule has 4 heteroatoms. The number of hydrogen-bond acceptors (Lipinski definition) is 3. The number of ether oxygens (including phenoxy) is 1. The molecule has 2 aliphatic rings. The van der Waals surface area contributed by atoms with E-state index in [2.05, 4.69) is 12.2 Å². The quantitative estimate of drug-likeness (QED) is 0.890. The van der Waals surface area contributed by atoms with Crippen LogP contribution in [0.2, 0.25) is 0 Å². The highest BCUT2D eigenvalue weighted by atomic mass is 16.5. The van der Waals surface area contributed by atoms with Gasteiger partial charge in [0.25, 0.3) is 0 Å². The van der Waals surface area contributed by atoms with E-state index >= 15 is 0 Å². The highest BCUT2D eigenvalue weighted by Crippen LogP contribution is 2.35. The molecule has 3 rings (SSSR count). The highest BCUT2D eigenvalue weighted by Gasteiger charge is 2.28. The lowest BCUT2D eigenvalue weighted by atomic mass is 9.97. The van der Waals surface area contributed by atoms with E-state index in [1.54, 1.807) is 18.2 Å². The molecule has 3 atom stereocenters. The summed E-state index contributed by atoms with van der Waals surface area (Å²) >= 11 is 0. The Morgan fingerprint density at radius 2 is 2.20 bits per heavy atom. The number of rotatable bonds is 3. The fraction of sp³-hybridized carbons (Fsp3) is 0.562. The van der Waals surface area contributed by atoms with E-state index in [1.165, 1.54) is 19.3 Å². The van der Waals surface area contributed by atoms with Gasteiger partial charge in [0.15, 0.2) is 0 Å². The lowest BCUT2D eigenvalue weighted by molar-refractivity contribution is 0.0696. The third kappa shape index (κ3) is 2.66. The number of carboxylic acids is 1. The first-order valence-corrected chi connectivity index (χ1v) is 7.39. The van der Waals surface area contributed by atoms with Gasteiger partial charge in [-0.2, -0.15) is 0 Å². The molecule has 1 fully saturated rings. The van der Waals surface area contributed by atoms with Gasteiger partial charge in [0.05, 0.1) is 12.2 Å². The molecule has 0 bridgehead atoms. The molecule has 0 radical (unpaired) electrons. The smallest absolute Gasteiger partial charge is 0.335 e. The van der Waals surface area contributed by atoms with Crippen LogP contribution in [0.1, 0.15) is 54.6 Å². The molecule has 1 aliphatic heterocycles. The van der Waals surface area contributed by atoms with Crippen LogP contribution in [0, 0.1) is 5.92 Å². The van der Waals surface area contributed by atoms with Gasteiger partial charge in [0.1, 0.15) is 5.75 Å². The Morgan fingerprint density at radius 1 is 1.35 bits per heavy atom. The van der Waals surface area contributed by atoms with E-state index in [0.717, 1.165) is 23.7 Å². The molecule has 1 aromatic carbocycles. The first-order valence-electron chi connectivity index (χ1n) is 7.39. The second-order valence-corrected chi connectivity index (χ2v) is 6.03. The third-order valence-corrected chi connectivity index (χ3v) is 4.43. The van der Waals surface area contributed by atoms with Crippen molar-refractivity contribution in [2.45, 2.75) is 44.7 Å². The minimum atomic E-state index is -0.883. The van der Waals surface area contributed by atoms with Crippen LogP contribution in [-0.4, -0.2) is 23.7 Å². The van der Waals surface area contributed by atoms with E-state index in [9.17, 15) is 4.79 Å². The molecule has 108 valence electrons. The summed E-state index contributed by atoms with van der Waals surface area (Å²) in [5.74, 6) is 0.730. The summed E-state index contributed by atoms with van der Waals surface area (Å²) in [6, 6.07) is 5.92. The summed E-state index contributed by atoms with van der Waals surface area (Å²) in [6.45, 7) is 2.99. The Balaban J connectivity index is 1.81. The number of hydrogen-bond donors (Lipinski definition) is 2. The first kappa shape index (κ1) is 13.4. The van der Waals surface area contributed by atoms with Crippen molar-refractivity contribution in [2.75, 3.05) is 6.61 Å². The summed E-state index contributed by atoms with van der Waals surface area (Å²) in [6.07, 6.45) is 4.61. The number of carbonyl (C=O) groups is 1. The molecular weight excluding hydrogens is 254 g/mol. The maximum absolute atomic E-state index is 11.1. The molecule has 1 heterocycles. The van der Waals surface area contributed by atoms with Crippen LogP contribution in [-0.2, 0) is 0 Å². The summed E-state index contributed by atoms with van der Waals surface area (Å²) in [5.41, 5.74) is 1.33. The van der Waals surface area contributed by atoms with E-state index in [0.29, 0.717) is 18.2 Å². The Morgan fingerprint density at radius 3 is 2.90 bits per heavy atom. The van der Waals surface area contributed by atoms with Gasteiger partial charge in [-0.15, -0.1) is 0 Å². The molecular formula is C16H21NO3. The summed E-state index contributed by atoms with van der Waals surface area (Å²) in [7, 11) is 0. The Kier molecular flexibility index (Phi) is 3.66. The topological polar surface area (TPSA) is 58.6 Å². The van der Waals surface area contributed by atoms with Gasteiger partial charge in [-0.05, 0) is 43.4 Å². The van der Waals surface area contributed by atoms with Crippen molar-refractivity contribution in [1.82, 2.24) is 5.32 Å². The predicted octanol–water partition coefficient (Wildman–Crippen LogP) is 2.99. The number of carboxylic acid groups (broad SMARTS) is 1. The van der Waals surface area contributed by atoms with Crippen molar-refractivity contribution >= 4 is 5.97 Å². The van der Waals surface area contributed by atoms with Crippen molar-refractivity contribution < 1.29 is 14.6 Å². The second-order valence-electron chi connectivity index (χ2n) is 6.03. The zero-order chi connectivity index (χ0) is 14.1. The molecule has 4 nitrogen and oxygen atoms in total. The molecule has 2 unspecified atom stereocenters. The molecule has 2 N–H and O–H groups in total. The summed E-state index contributed by atoms with van der Waals surface area (Å²) in [4.78, 5) is 11.1. The molecule has 0 saturated heterocycles. The van der Waals surface area contributed by atoms with E-state index in [-0.39, 0.29) is 6.04 Å². The summed E-state index contributed by atoms with van der Waals surface area (Å²) < 4.78 is 5.64. The monoisotopic (exact) mass is 275 g/mol. The molecule has 1 aromatic rings. The Hall–Kier alpha value is -1.55. The summed E-state index contributed by atoms with van der Waals surface area (Å²) in [5, 5.41) is 12.8. The Labute approximate surface area is 119 Å². The zero-order valence-electron chi connectivity index (χ0n) is 11.8. The lowest BCUT2D eigenvalue weighted by Gasteiger charge is -2.29. The second kappa shape index (κ2) is 5.44. The predicted molar refractivity (Wildman–Crippen MR) is 76.2 cm³/mol.